The molecule has 0 radical (unpaired) electrons. The molecular formula is C11H12N2S. The van der Waals surface area contributed by atoms with Gasteiger partial charge in [-0.2, -0.15) is 5.26 Å². The summed E-state index contributed by atoms with van der Waals surface area (Å²) in [6.07, 6.45) is 6.24. The Morgan fingerprint density at radius 1 is 1.71 bits per heavy atom. The molecule has 0 aliphatic carbocycles. The van der Waals surface area contributed by atoms with Gasteiger partial charge in [0.15, 0.2) is 0 Å². The van der Waals surface area contributed by atoms with E-state index in [1.54, 1.807) is 11.3 Å². The number of hydrogen-bond acceptors (Lipinski definition) is 3. The van der Waals surface area contributed by atoms with Gasteiger partial charge in [-0.15, -0.1) is 17.8 Å². The van der Waals surface area contributed by atoms with Gasteiger partial charge in [0.1, 0.15) is 6.07 Å². The van der Waals surface area contributed by atoms with Gasteiger partial charge in [-0.1, -0.05) is 12.8 Å². The molecule has 0 fully saturated rings. The Balaban J connectivity index is 2.46. The molecule has 1 rings (SSSR count). The lowest BCUT2D eigenvalue weighted by molar-refractivity contribution is 0.597. The highest BCUT2D eigenvalue weighted by atomic mass is 32.1. The highest BCUT2D eigenvalue weighted by Gasteiger charge is 2.02. The Morgan fingerprint density at radius 2 is 2.50 bits per heavy atom. The molecule has 0 spiro atoms. The normalized spacial score (nSPS) is 11.6. The predicted octanol–water partition coefficient (Wildman–Crippen LogP) is 2.12. The van der Waals surface area contributed by atoms with Gasteiger partial charge < -0.3 is 0 Å². The summed E-state index contributed by atoms with van der Waals surface area (Å²) in [6.45, 7) is 2.79. The largest absolute Gasteiger partial charge is 0.299 e. The Hall–Kier alpha value is -1.29. The van der Waals surface area contributed by atoms with Crippen molar-refractivity contribution in [2.45, 2.75) is 25.9 Å². The molecule has 0 amide bonds. The van der Waals surface area contributed by atoms with Crippen molar-refractivity contribution in [1.29, 1.82) is 5.26 Å². The summed E-state index contributed by atoms with van der Waals surface area (Å²) in [7, 11) is 0. The minimum atomic E-state index is 0.127. The van der Waals surface area contributed by atoms with Gasteiger partial charge in [0.2, 0.25) is 0 Å². The molecule has 1 aromatic rings. The number of nitrogens with one attached hydrogen (secondary N) is 1. The summed E-state index contributed by atoms with van der Waals surface area (Å²) in [5, 5.41) is 13.7. The van der Waals surface area contributed by atoms with Crippen LogP contribution in [0.15, 0.2) is 11.4 Å². The van der Waals surface area contributed by atoms with Crippen LogP contribution in [-0.4, -0.2) is 6.04 Å². The first-order chi connectivity index (χ1) is 6.80. The van der Waals surface area contributed by atoms with Crippen molar-refractivity contribution in [3.63, 3.8) is 0 Å². The Morgan fingerprint density at radius 3 is 3.00 bits per heavy atom. The second kappa shape index (κ2) is 5.44. The van der Waals surface area contributed by atoms with Gasteiger partial charge >= 0.3 is 0 Å². The van der Waals surface area contributed by atoms with Crippen molar-refractivity contribution >= 4 is 11.3 Å². The Labute approximate surface area is 88.6 Å². The van der Waals surface area contributed by atoms with E-state index in [0.29, 0.717) is 0 Å². The van der Waals surface area contributed by atoms with Gasteiger partial charge in [-0.3, -0.25) is 5.32 Å². The molecule has 0 bridgehead atoms. The first-order valence-corrected chi connectivity index (χ1v) is 5.35. The zero-order valence-corrected chi connectivity index (χ0v) is 8.90. The molecule has 0 saturated carbocycles. The van der Waals surface area contributed by atoms with Gasteiger partial charge in [0.25, 0.3) is 0 Å². The van der Waals surface area contributed by atoms with E-state index in [-0.39, 0.29) is 6.04 Å². The molecule has 1 unspecified atom stereocenters. The molecule has 1 N–H and O–H groups in total. The van der Waals surface area contributed by atoms with Crippen LogP contribution in [0.2, 0.25) is 0 Å². The summed E-state index contributed by atoms with van der Waals surface area (Å²) in [6, 6.07) is 4.12. The third-order valence-corrected chi connectivity index (χ3v) is 2.85. The number of nitrogens with zero attached hydrogens (tertiary/aromatic N) is 1. The fourth-order valence-electron chi connectivity index (χ4n) is 1.08. The van der Waals surface area contributed by atoms with Crippen LogP contribution in [0.4, 0.5) is 0 Å². The molecule has 3 heteroatoms. The summed E-state index contributed by atoms with van der Waals surface area (Å²) < 4.78 is 0. The third-order valence-electron chi connectivity index (χ3n) is 1.91. The zero-order chi connectivity index (χ0) is 10.4. The molecule has 2 nitrogen and oxygen atoms in total. The number of rotatable bonds is 4. The Bertz CT molecular complexity index is 367. The second-order valence-electron chi connectivity index (χ2n) is 2.92. The SMILES string of the molecule is C#CC(CC)NCc1cc(C#N)cs1. The molecular weight excluding hydrogens is 192 g/mol. The average molecular weight is 204 g/mol. The molecule has 0 saturated heterocycles. The molecule has 72 valence electrons. The first kappa shape index (κ1) is 10.8. The highest BCUT2D eigenvalue weighted by Crippen LogP contribution is 2.13. The van der Waals surface area contributed by atoms with E-state index in [1.165, 1.54) is 0 Å². The van der Waals surface area contributed by atoms with Crippen molar-refractivity contribution in [2.75, 3.05) is 0 Å². The fraction of sp³-hybridized carbons (Fsp3) is 0.364. The van der Waals surface area contributed by atoms with Crippen LogP contribution < -0.4 is 5.32 Å². The summed E-state index contributed by atoms with van der Waals surface area (Å²) in [4.78, 5) is 1.15. The first-order valence-electron chi connectivity index (χ1n) is 4.47. The van der Waals surface area contributed by atoms with Crippen LogP contribution >= 0.6 is 11.3 Å². The van der Waals surface area contributed by atoms with Crippen LogP contribution in [0.3, 0.4) is 0 Å². The van der Waals surface area contributed by atoms with Crippen molar-refractivity contribution in [1.82, 2.24) is 5.32 Å². The van der Waals surface area contributed by atoms with E-state index < -0.39 is 0 Å². The average Bonchev–Trinajstić information content (AvgIpc) is 2.67. The minimum Gasteiger partial charge on any atom is -0.299 e. The second-order valence-corrected chi connectivity index (χ2v) is 3.92. The molecule has 1 heterocycles. The Kier molecular flexibility index (Phi) is 4.19. The lowest BCUT2D eigenvalue weighted by Crippen LogP contribution is -2.25. The monoisotopic (exact) mass is 204 g/mol. The van der Waals surface area contributed by atoms with Crippen molar-refractivity contribution in [2.24, 2.45) is 0 Å². The van der Waals surface area contributed by atoms with E-state index in [1.807, 2.05) is 18.4 Å². The zero-order valence-electron chi connectivity index (χ0n) is 8.08. The lowest BCUT2D eigenvalue weighted by atomic mass is 10.2. The molecule has 14 heavy (non-hydrogen) atoms. The van der Waals surface area contributed by atoms with Crippen molar-refractivity contribution in [3.05, 3.63) is 21.9 Å². The van der Waals surface area contributed by atoms with Gasteiger partial charge in [0, 0.05) is 16.8 Å². The maximum atomic E-state index is 8.62. The molecule has 1 atom stereocenters. The summed E-state index contributed by atoms with van der Waals surface area (Å²) >= 11 is 1.58. The number of thiophene rings is 1. The molecule has 0 aliphatic rings. The number of terminal acetylenes is 1. The molecule has 1 aromatic heterocycles. The standard InChI is InChI=1S/C11H12N2S/c1-3-10(4-2)13-7-11-5-9(6-12)8-14-11/h1,5,8,10,13H,4,7H2,2H3. The summed E-state index contributed by atoms with van der Waals surface area (Å²) in [5.41, 5.74) is 0.723. The van der Waals surface area contributed by atoms with Crippen LogP contribution in [0.5, 0.6) is 0 Å². The summed E-state index contributed by atoms with van der Waals surface area (Å²) in [5.74, 6) is 2.67. The van der Waals surface area contributed by atoms with E-state index in [0.717, 1.165) is 23.4 Å². The van der Waals surface area contributed by atoms with Gasteiger partial charge in [-0.05, 0) is 12.5 Å². The quantitative estimate of drug-likeness (QED) is 0.763. The highest BCUT2D eigenvalue weighted by molar-refractivity contribution is 7.10. The third kappa shape index (κ3) is 2.88. The van der Waals surface area contributed by atoms with Crippen LogP contribution in [0.1, 0.15) is 23.8 Å². The topological polar surface area (TPSA) is 35.8 Å². The van der Waals surface area contributed by atoms with E-state index in [2.05, 4.69) is 17.3 Å². The maximum absolute atomic E-state index is 8.62. The maximum Gasteiger partial charge on any atom is 0.100 e. The van der Waals surface area contributed by atoms with Crippen LogP contribution in [-0.2, 0) is 6.54 Å². The van der Waals surface area contributed by atoms with Crippen LogP contribution in [0.25, 0.3) is 0 Å². The smallest absolute Gasteiger partial charge is 0.100 e. The van der Waals surface area contributed by atoms with Crippen molar-refractivity contribution in [3.8, 4) is 18.4 Å². The predicted molar refractivity (Wildman–Crippen MR) is 58.8 cm³/mol. The van der Waals surface area contributed by atoms with Crippen LogP contribution in [0, 0.1) is 23.7 Å². The fourth-order valence-corrected chi connectivity index (χ4v) is 1.84. The van der Waals surface area contributed by atoms with Gasteiger partial charge in [0.05, 0.1) is 11.6 Å². The van der Waals surface area contributed by atoms with E-state index >= 15 is 0 Å². The lowest BCUT2D eigenvalue weighted by Gasteiger charge is -2.08. The molecule has 0 aliphatic heterocycles. The van der Waals surface area contributed by atoms with Crippen molar-refractivity contribution < 1.29 is 0 Å². The van der Waals surface area contributed by atoms with E-state index in [4.69, 9.17) is 11.7 Å². The minimum absolute atomic E-state index is 0.127. The van der Waals surface area contributed by atoms with E-state index in [9.17, 15) is 0 Å². The van der Waals surface area contributed by atoms with Gasteiger partial charge in [-0.25, -0.2) is 0 Å². The number of nitriles is 1. The number of hydrogen-bond donors (Lipinski definition) is 1. The molecule has 0 aromatic carbocycles.